The van der Waals surface area contributed by atoms with Crippen molar-refractivity contribution < 1.29 is 14.3 Å². The fraction of sp³-hybridized carbons (Fsp3) is 0.379. The molecule has 1 aliphatic rings. The van der Waals surface area contributed by atoms with Gasteiger partial charge in [-0.1, -0.05) is 24.3 Å². The molecule has 1 fully saturated rings. The van der Waals surface area contributed by atoms with Gasteiger partial charge < -0.3 is 25.8 Å². The Morgan fingerprint density at radius 3 is 2.51 bits per heavy atom. The number of aromatic nitrogens is 3. The first kappa shape index (κ1) is 26.7. The molecule has 10 heteroatoms. The first-order valence-corrected chi connectivity index (χ1v) is 14.0. The number of fused-ring (bicyclic) bond motifs is 1. The van der Waals surface area contributed by atoms with Crippen LogP contribution in [-0.2, 0) is 4.74 Å². The van der Waals surface area contributed by atoms with Gasteiger partial charge in [0, 0.05) is 34.7 Å². The summed E-state index contributed by atoms with van der Waals surface area (Å²) in [6.45, 7) is 7.58. The van der Waals surface area contributed by atoms with Gasteiger partial charge in [-0.3, -0.25) is 0 Å². The van der Waals surface area contributed by atoms with Gasteiger partial charge in [0.1, 0.15) is 16.2 Å². The summed E-state index contributed by atoms with van der Waals surface area (Å²) >= 11 is 1.47. The molecule has 0 aliphatic heterocycles. The van der Waals surface area contributed by atoms with E-state index in [0.717, 1.165) is 64.0 Å². The molecule has 2 aromatic heterocycles. The van der Waals surface area contributed by atoms with E-state index in [1.165, 1.54) is 11.3 Å². The van der Waals surface area contributed by atoms with Gasteiger partial charge in [0.2, 0.25) is 11.8 Å². The van der Waals surface area contributed by atoms with Crippen molar-refractivity contribution in [3.63, 3.8) is 0 Å². The predicted molar refractivity (Wildman–Crippen MR) is 155 cm³/mol. The minimum absolute atomic E-state index is 0.106. The molecule has 9 nitrogen and oxygen atoms in total. The zero-order valence-corrected chi connectivity index (χ0v) is 23.5. The SMILES string of the molecule is Cc1cc(N)c2ccccc2c1Oc1ncsc1-c1ccnc(NC2CCC(NC(=O)OC(C)(C)C)CC2)n1. The van der Waals surface area contributed by atoms with Crippen molar-refractivity contribution >= 4 is 39.8 Å². The molecular formula is C29H34N6O3S. The molecule has 2 heterocycles. The topological polar surface area (TPSA) is 124 Å². The van der Waals surface area contributed by atoms with Gasteiger partial charge in [0.25, 0.3) is 0 Å². The second-order valence-corrected chi connectivity index (χ2v) is 11.7. The number of carbonyl (C=O) groups is 1. The van der Waals surface area contributed by atoms with E-state index in [4.69, 9.17) is 20.2 Å². The Bertz CT molecular complexity index is 1470. The van der Waals surface area contributed by atoms with Crippen LogP contribution in [0.25, 0.3) is 21.3 Å². The number of nitrogens with zero attached hydrogens (tertiary/aromatic N) is 3. The van der Waals surface area contributed by atoms with E-state index in [1.54, 1.807) is 11.7 Å². The lowest BCUT2D eigenvalue weighted by atomic mass is 9.91. The summed E-state index contributed by atoms with van der Waals surface area (Å²) in [6, 6.07) is 12.0. The number of amides is 1. The summed E-state index contributed by atoms with van der Waals surface area (Å²) in [5.41, 5.74) is 9.89. The fourth-order valence-electron chi connectivity index (χ4n) is 4.83. The van der Waals surface area contributed by atoms with Crippen molar-refractivity contribution in [1.82, 2.24) is 20.3 Å². The van der Waals surface area contributed by atoms with Crippen LogP contribution in [0.15, 0.2) is 48.1 Å². The Kier molecular flexibility index (Phi) is 7.56. The number of thiazole rings is 1. The molecule has 0 spiro atoms. The van der Waals surface area contributed by atoms with Crippen molar-refractivity contribution in [1.29, 1.82) is 0 Å². The van der Waals surface area contributed by atoms with Gasteiger partial charge in [-0.05, 0) is 71.1 Å². The molecule has 0 saturated heterocycles. The lowest BCUT2D eigenvalue weighted by molar-refractivity contribution is 0.0492. The molecule has 4 aromatic rings. The van der Waals surface area contributed by atoms with Gasteiger partial charge in [0.05, 0.1) is 11.2 Å². The highest BCUT2D eigenvalue weighted by Gasteiger charge is 2.25. The van der Waals surface area contributed by atoms with Crippen LogP contribution in [-0.4, -0.2) is 38.7 Å². The average molecular weight is 547 g/mol. The predicted octanol–water partition coefficient (Wildman–Crippen LogP) is 6.68. The number of nitrogens with one attached hydrogen (secondary N) is 2. The Labute approximate surface area is 232 Å². The van der Waals surface area contributed by atoms with Gasteiger partial charge >= 0.3 is 6.09 Å². The van der Waals surface area contributed by atoms with E-state index in [0.29, 0.717) is 11.8 Å². The van der Waals surface area contributed by atoms with E-state index in [9.17, 15) is 4.79 Å². The highest BCUT2D eigenvalue weighted by molar-refractivity contribution is 7.13. The molecule has 1 saturated carbocycles. The van der Waals surface area contributed by atoms with Crippen LogP contribution in [0.4, 0.5) is 16.4 Å². The first-order valence-electron chi connectivity index (χ1n) is 13.1. The minimum Gasteiger partial charge on any atom is -0.444 e. The number of nitrogen functional groups attached to an aromatic ring is 1. The zero-order chi connectivity index (χ0) is 27.6. The molecule has 4 N–H and O–H groups in total. The summed E-state index contributed by atoms with van der Waals surface area (Å²) in [5.74, 6) is 1.79. The van der Waals surface area contributed by atoms with Crippen LogP contribution in [0.3, 0.4) is 0 Å². The van der Waals surface area contributed by atoms with Gasteiger partial charge in [-0.15, -0.1) is 11.3 Å². The third-order valence-corrected chi connectivity index (χ3v) is 7.45. The summed E-state index contributed by atoms with van der Waals surface area (Å²) in [5, 5.41) is 8.34. The van der Waals surface area contributed by atoms with E-state index < -0.39 is 5.60 Å². The van der Waals surface area contributed by atoms with Crippen LogP contribution in [0.2, 0.25) is 0 Å². The summed E-state index contributed by atoms with van der Waals surface area (Å²) in [7, 11) is 0. The van der Waals surface area contributed by atoms with Crippen LogP contribution < -0.4 is 21.1 Å². The molecule has 204 valence electrons. The normalized spacial score (nSPS) is 17.5. The first-order chi connectivity index (χ1) is 18.7. The number of hydrogen-bond acceptors (Lipinski definition) is 9. The van der Waals surface area contributed by atoms with Crippen molar-refractivity contribution in [2.75, 3.05) is 11.1 Å². The number of nitrogens with two attached hydrogens (primary N) is 1. The highest BCUT2D eigenvalue weighted by Crippen LogP contribution is 2.40. The maximum atomic E-state index is 12.1. The second kappa shape index (κ2) is 11.1. The van der Waals surface area contributed by atoms with E-state index >= 15 is 0 Å². The zero-order valence-electron chi connectivity index (χ0n) is 22.7. The smallest absolute Gasteiger partial charge is 0.407 e. The van der Waals surface area contributed by atoms with Crippen LogP contribution >= 0.6 is 11.3 Å². The number of carbonyl (C=O) groups excluding carboxylic acids is 1. The van der Waals surface area contributed by atoms with Crippen molar-refractivity contribution in [3.05, 3.63) is 53.7 Å². The number of ether oxygens (including phenoxy) is 2. The maximum absolute atomic E-state index is 12.1. The second-order valence-electron chi connectivity index (χ2n) is 10.9. The number of hydrogen-bond donors (Lipinski definition) is 3. The van der Waals surface area contributed by atoms with Crippen molar-refractivity contribution in [2.24, 2.45) is 0 Å². The highest BCUT2D eigenvalue weighted by atomic mass is 32.1. The van der Waals surface area contributed by atoms with E-state index in [2.05, 4.69) is 20.6 Å². The standard InChI is InChI=1S/C29H34N6O3S/c1-17-15-22(30)20-7-5-6-8-21(20)24(17)37-26-25(39-16-32-26)23-13-14-31-27(35-23)33-18-9-11-19(12-10-18)34-28(36)38-29(2,3)4/h5-8,13-16,18-19H,9-12,30H2,1-4H3,(H,34,36)(H,31,33,35). The monoisotopic (exact) mass is 546 g/mol. The number of aryl methyl sites for hydroxylation is 1. The van der Waals surface area contributed by atoms with E-state index in [1.807, 2.05) is 64.1 Å². The van der Waals surface area contributed by atoms with Crippen LogP contribution in [0, 0.1) is 6.92 Å². The quantitative estimate of drug-likeness (QED) is 0.229. The molecule has 0 atom stereocenters. The Morgan fingerprint density at radius 2 is 1.77 bits per heavy atom. The lowest BCUT2D eigenvalue weighted by Crippen LogP contribution is -2.42. The molecule has 0 radical (unpaired) electrons. The van der Waals surface area contributed by atoms with Gasteiger partial charge in [-0.2, -0.15) is 0 Å². The lowest BCUT2D eigenvalue weighted by Gasteiger charge is -2.30. The molecule has 0 bridgehead atoms. The fourth-order valence-corrected chi connectivity index (χ4v) is 5.51. The molecular weight excluding hydrogens is 512 g/mol. The van der Waals surface area contributed by atoms with Gasteiger partial charge in [0.15, 0.2) is 0 Å². The number of rotatable bonds is 6. The van der Waals surface area contributed by atoms with E-state index in [-0.39, 0.29) is 18.2 Å². The Balaban J connectivity index is 1.26. The third kappa shape index (κ3) is 6.39. The summed E-state index contributed by atoms with van der Waals surface area (Å²) < 4.78 is 11.8. The third-order valence-electron chi connectivity index (χ3n) is 6.62. The molecule has 39 heavy (non-hydrogen) atoms. The van der Waals surface area contributed by atoms with Crippen LogP contribution in [0.5, 0.6) is 11.6 Å². The Morgan fingerprint density at radius 1 is 1.05 bits per heavy atom. The maximum Gasteiger partial charge on any atom is 0.407 e. The average Bonchev–Trinajstić information content (AvgIpc) is 3.35. The summed E-state index contributed by atoms with van der Waals surface area (Å²) in [4.78, 5) is 26.6. The molecule has 5 rings (SSSR count). The molecule has 1 aliphatic carbocycles. The van der Waals surface area contributed by atoms with Crippen molar-refractivity contribution in [2.45, 2.75) is 71.1 Å². The number of alkyl carbamates (subject to hydrolysis) is 1. The minimum atomic E-state index is -0.504. The van der Waals surface area contributed by atoms with Crippen molar-refractivity contribution in [3.8, 4) is 22.2 Å². The number of benzene rings is 2. The molecule has 0 unspecified atom stereocenters. The largest absolute Gasteiger partial charge is 0.444 e. The summed E-state index contributed by atoms with van der Waals surface area (Å²) in [6.07, 6.45) is 4.89. The van der Waals surface area contributed by atoms with Crippen LogP contribution in [0.1, 0.15) is 52.0 Å². The molecule has 1 amide bonds. The Hall–Kier alpha value is -3.92. The van der Waals surface area contributed by atoms with Gasteiger partial charge in [-0.25, -0.2) is 19.7 Å². The number of anilines is 2. The molecule has 2 aromatic carbocycles.